The molecule has 3 rings (SSSR count). The number of nitrogens with zero attached hydrogens (tertiary/aromatic N) is 2. The highest BCUT2D eigenvalue weighted by molar-refractivity contribution is 14.1. The van der Waals surface area contributed by atoms with Crippen LogP contribution >= 0.6 is 22.6 Å². The van der Waals surface area contributed by atoms with E-state index in [1.807, 2.05) is 12.1 Å². The standard InChI is InChI=1S/C21H27IN2O3/c1-15(16-13-20(26-3)21(27-4)14-17(16)22)23-9-11-24(12-10-23)18-7-5-6-8-19(18)25-2/h5-8,13-15H,9-12H2,1-4H3. The Morgan fingerprint density at radius 2 is 1.44 bits per heavy atom. The van der Waals surface area contributed by atoms with Gasteiger partial charge in [-0.15, -0.1) is 0 Å². The molecule has 0 bridgehead atoms. The molecule has 2 aromatic carbocycles. The highest BCUT2D eigenvalue weighted by Crippen LogP contribution is 2.36. The van der Waals surface area contributed by atoms with Crippen molar-refractivity contribution in [1.29, 1.82) is 0 Å². The summed E-state index contributed by atoms with van der Waals surface area (Å²) in [5, 5.41) is 0. The lowest BCUT2D eigenvalue weighted by Gasteiger charge is -2.40. The molecule has 0 N–H and O–H groups in total. The van der Waals surface area contributed by atoms with Crippen LogP contribution in [0.3, 0.4) is 0 Å². The van der Waals surface area contributed by atoms with Gasteiger partial charge in [0.2, 0.25) is 0 Å². The second-order valence-electron chi connectivity index (χ2n) is 6.60. The van der Waals surface area contributed by atoms with Crippen LogP contribution in [0, 0.1) is 3.57 Å². The van der Waals surface area contributed by atoms with Crippen molar-refractivity contribution in [3.8, 4) is 17.2 Å². The van der Waals surface area contributed by atoms with Crippen molar-refractivity contribution in [3.63, 3.8) is 0 Å². The van der Waals surface area contributed by atoms with Crippen LogP contribution in [-0.4, -0.2) is 52.4 Å². The maximum Gasteiger partial charge on any atom is 0.161 e. The third-order valence-corrected chi connectivity index (χ3v) is 6.18. The van der Waals surface area contributed by atoms with Crippen molar-refractivity contribution in [2.24, 2.45) is 0 Å². The lowest BCUT2D eigenvalue weighted by Crippen LogP contribution is -2.47. The van der Waals surface area contributed by atoms with E-state index in [0.717, 1.165) is 43.4 Å². The fourth-order valence-corrected chi connectivity index (χ4v) is 4.52. The molecule has 5 nitrogen and oxygen atoms in total. The number of piperazine rings is 1. The third kappa shape index (κ3) is 4.27. The van der Waals surface area contributed by atoms with E-state index >= 15 is 0 Å². The smallest absolute Gasteiger partial charge is 0.161 e. The maximum absolute atomic E-state index is 5.52. The van der Waals surface area contributed by atoms with Crippen LogP contribution in [0.1, 0.15) is 18.5 Å². The summed E-state index contributed by atoms with van der Waals surface area (Å²) in [4.78, 5) is 4.93. The van der Waals surface area contributed by atoms with E-state index < -0.39 is 0 Å². The molecule has 0 spiro atoms. The molecule has 146 valence electrons. The van der Waals surface area contributed by atoms with E-state index in [2.05, 4.69) is 63.6 Å². The highest BCUT2D eigenvalue weighted by atomic mass is 127. The van der Waals surface area contributed by atoms with Gasteiger partial charge >= 0.3 is 0 Å². The molecule has 2 aromatic rings. The van der Waals surface area contributed by atoms with Crippen LogP contribution in [0.15, 0.2) is 36.4 Å². The summed E-state index contributed by atoms with van der Waals surface area (Å²) in [5.74, 6) is 2.50. The van der Waals surface area contributed by atoms with E-state index in [-0.39, 0.29) is 0 Å². The molecule has 0 amide bonds. The SMILES string of the molecule is COc1cc(I)c(C(C)N2CCN(c3ccccc3OC)CC2)cc1OC. The first-order valence-corrected chi connectivity index (χ1v) is 10.2. The summed E-state index contributed by atoms with van der Waals surface area (Å²) in [6, 6.07) is 12.7. The number of para-hydroxylation sites is 2. The second kappa shape index (κ2) is 9.01. The number of rotatable bonds is 6. The molecule has 1 aliphatic rings. The van der Waals surface area contributed by atoms with E-state index in [0.29, 0.717) is 6.04 Å². The quantitative estimate of drug-likeness (QED) is 0.577. The third-order valence-electron chi connectivity index (χ3n) is 5.24. The van der Waals surface area contributed by atoms with Gasteiger partial charge in [-0.05, 0) is 59.3 Å². The Morgan fingerprint density at radius 3 is 2.07 bits per heavy atom. The van der Waals surface area contributed by atoms with Crippen LogP contribution in [0.4, 0.5) is 5.69 Å². The van der Waals surface area contributed by atoms with Crippen molar-refractivity contribution in [3.05, 3.63) is 45.5 Å². The number of anilines is 1. The Bertz CT molecular complexity index is 776. The number of methoxy groups -OCH3 is 3. The predicted molar refractivity (Wildman–Crippen MR) is 117 cm³/mol. The molecule has 0 aromatic heterocycles. The van der Waals surface area contributed by atoms with Gasteiger partial charge in [-0.2, -0.15) is 0 Å². The first kappa shape index (κ1) is 20.1. The average molecular weight is 482 g/mol. The molecular formula is C21H27IN2O3. The molecule has 1 fully saturated rings. The van der Waals surface area contributed by atoms with Gasteiger partial charge in [0, 0.05) is 35.8 Å². The molecule has 0 aliphatic carbocycles. The van der Waals surface area contributed by atoms with Crippen molar-refractivity contribution < 1.29 is 14.2 Å². The average Bonchev–Trinajstić information content (AvgIpc) is 2.73. The Kier molecular flexibility index (Phi) is 6.70. The molecule has 1 atom stereocenters. The lowest BCUT2D eigenvalue weighted by molar-refractivity contribution is 0.197. The predicted octanol–water partition coefficient (Wildman–Crippen LogP) is 4.20. The second-order valence-corrected chi connectivity index (χ2v) is 7.76. The minimum Gasteiger partial charge on any atom is -0.495 e. The minimum atomic E-state index is 0.316. The zero-order valence-corrected chi connectivity index (χ0v) is 18.5. The fourth-order valence-electron chi connectivity index (χ4n) is 3.63. The van der Waals surface area contributed by atoms with Gasteiger partial charge in [0.15, 0.2) is 11.5 Å². The normalized spacial score (nSPS) is 16.1. The number of ether oxygens (including phenoxy) is 3. The van der Waals surface area contributed by atoms with Crippen molar-refractivity contribution in [1.82, 2.24) is 4.90 Å². The van der Waals surface area contributed by atoms with Gasteiger partial charge in [-0.1, -0.05) is 12.1 Å². The van der Waals surface area contributed by atoms with Gasteiger partial charge in [0.25, 0.3) is 0 Å². The Balaban J connectivity index is 1.73. The summed E-state index contributed by atoms with van der Waals surface area (Å²) in [5.41, 5.74) is 2.45. The molecule has 6 heteroatoms. The summed E-state index contributed by atoms with van der Waals surface area (Å²) in [7, 11) is 5.09. The van der Waals surface area contributed by atoms with Gasteiger partial charge in [0.05, 0.1) is 27.0 Å². The van der Waals surface area contributed by atoms with Gasteiger partial charge < -0.3 is 19.1 Å². The number of hydrogen-bond acceptors (Lipinski definition) is 5. The van der Waals surface area contributed by atoms with Crippen LogP contribution in [0.5, 0.6) is 17.2 Å². The summed E-state index contributed by atoms with van der Waals surface area (Å²) in [6.07, 6.45) is 0. The summed E-state index contributed by atoms with van der Waals surface area (Å²) < 4.78 is 17.6. The van der Waals surface area contributed by atoms with Crippen molar-refractivity contribution >= 4 is 28.3 Å². The molecule has 0 radical (unpaired) electrons. The molecule has 27 heavy (non-hydrogen) atoms. The first-order valence-electron chi connectivity index (χ1n) is 9.12. The zero-order chi connectivity index (χ0) is 19.4. The highest BCUT2D eigenvalue weighted by Gasteiger charge is 2.25. The van der Waals surface area contributed by atoms with E-state index in [1.165, 1.54) is 14.8 Å². The van der Waals surface area contributed by atoms with Gasteiger partial charge in [-0.3, -0.25) is 4.90 Å². The largest absolute Gasteiger partial charge is 0.495 e. The maximum atomic E-state index is 5.52. The van der Waals surface area contributed by atoms with E-state index in [9.17, 15) is 0 Å². The topological polar surface area (TPSA) is 34.2 Å². The van der Waals surface area contributed by atoms with Crippen LogP contribution in [0.25, 0.3) is 0 Å². The summed E-state index contributed by atoms with van der Waals surface area (Å²) in [6.45, 7) is 6.23. The van der Waals surface area contributed by atoms with Crippen LogP contribution in [-0.2, 0) is 0 Å². The fraction of sp³-hybridized carbons (Fsp3) is 0.429. The Labute approximate surface area is 175 Å². The Hall–Kier alpha value is -1.67. The minimum absolute atomic E-state index is 0.316. The first-order chi connectivity index (χ1) is 13.1. The van der Waals surface area contributed by atoms with E-state index in [1.54, 1.807) is 21.3 Å². The number of hydrogen-bond donors (Lipinski definition) is 0. The number of halogens is 1. The molecule has 1 heterocycles. The van der Waals surface area contributed by atoms with E-state index in [4.69, 9.17) is 14.2 Å². The molecule has 1 aliphatic heterocycles. The van der Waals surface area contributed by atoms with Gasteiger partial charge in [-0.25, -0.2) is 0 Å². The molecule has 1 unspecified atom stereocenters. The Morgan fingerprint density at radius 1 is 0.852 bits per heavy atom. The molecule has 0 saturated carbocycles. The van der Waals surface area contributed by atoms with Crippen LogP contribution < -0.4 is 19.1 Å². The van der Waals surface area contributed by atoms with Crippen LogP contribution in [0.2, 0.25) is 0 Å². The summed E-state index contributed by atoms with van der Waals surface area (Å²) >= 11 is 2.39. The zero-order valence-electron chi connectivity index (χ0n) is 16.4. The van der Waals surface area contributed by atoms with Crippen molar-refractivity contribution in [2.45, 2.75) is 13.0 Å². The monoisotopic (exact) mass is 482 g/mol. The van der Waals surface area contributed by atoms with Gasteiger partial charge in [0.1, 0.15) is 5.75 Å². The molecule has 1 saturated heterocycles. The number of benzene rings is 2. The van der Waals surface area contributed by atoms with Crippen molar-refractivity contribution in [2.75, 3.05) is 52.4 Å². The lowest BCUT2D eigenvalue weighted by atomic mass is 10.0. The molecular weight excluding hydrogens is 455 g/mol.